The fraction of sp³-hybridized carbons (Fsp3) is 0.500. The Balaban J connectivity index is 2.40. The standard InChI is InChI=1S/C12H18N2O3S/c1-12(2,3)14-9(15)7-13-6-8-4-5-18-10(8)11(16)17/h4-5,13H,6-7H2,1-3H3,(H,14,15)(H,16,17). The Morgan fingerprint density at radius 2 is 2.06 bits per heavy atom. The van der Waals surface area contributed by atoms with Gasteiger partial charge in [-0.1, -0.05) is 0 Å². The predicted octanol–water partition coefficient (Wildman–Crippen LogP) is 1.45. The number of carbonyl (C=O) groups excluding carboxylic acids is 1. The fourth-order valence-electron chi connectivity index (χ4n) is 1.44. The number of amides is 1. The number of aromatic carboxylic acids is 1. The lowest BCUT2D eigenvalue weighted by atomic mass is 10.1. The van der Waals surface area contributed by atoms with Gasteiger partial charge in [-0.25, -0.2) is 4.79 Å². The molecule has 0 radical (unpaired) electrons. The van der Waals surface area contributed by atoms with Crippen LogP contribution in [-0.2, 0) is 11.3 Å². The van der Waals surface area contributed by atoms with Crippen LogP contribution in [-0.4, -0.2) is 29.1 Å². The number of carbonyl (C=O) groups is 2. The van der Waals surface area contributed by atoms with Crippen LogP contribution in [0.25, 0.3) is 0 Å². The van der Waals surface area contributed by atoms with Gasteiger partial charge < -0.3 is 15.7 Å². The minimum Gasteiger partial charge on any atom is -0.477 e. The molecule has 100 valence electrons. The first-order valence-corrected chi connectivity index (χ1v) is 6.49. The van der Waals surface area contributed by atoms with E-state index in [0.29, 0.717) is 17.0 Å². The molecule has 0 aromatic carbocycles. The van der Waals surface area contributed by atoms with Crippen molar-refractivity contribution < 1.29 is 14.7 Å². The average Bonchev–Trinajstić information content (AvgIpc) is 2.62. The van der Waals surface area contributed by atoms with Gasteiger partial charge >= 0.3 is 5.97 Å². The van der Waals surface area contributed by atoms with Gasteiger partial charge in [-0.3, -0.25) is 4.79 Å². The van der Waals surface area contributed by atoms with Crippen molar-refractivity contribution in [3.63, 3.8) is 0 Å². The summed E-state index contributed by atoms with van der Waals surface area (Å²) in [4.78, 5) is 22.7. The van der Waals surface area contributed by atoms with Gasteiger partial charge in [-0.15, -0.1) is 11.3 Å². The van der Waals surface area contributed by atoms with Crippen LogP contribution >= 0.6 is 11.3 Å². The third-order valence-electron chi connectivity index (χ3n) is 2.06. The molecule has 1 aromatic heterocycles. The van der Waals surface area contributed by atoms with Gasteiger partial charge in [0.15, 0.2) is 0 Å². The molecule has 0 unspecified atom stereocenters. The van der Waals surface area contributed by atoms with Gasteiger partial charge in [0.1, 0.15) is 4.88 Å². The monoisotopic (exact) mass is 270 g/mol. The van der Waals surface area contributed by atoms with E-state index in [4.69, 9.17) is 5.11 Å². The largest absolute Gasteiger partial charge is 0.477 e. The first-order chi connectivity index (χ1) is 8.29. The number of carboxylic acid groups (broad SMARTS) is 1. The van der Waals surface area contributed by atoms with E-state index in [1.54, 1.807) is 11.4 Å². The molecule has 1 aromatic rings. The Kier molecular flexibility index (Phi) is 4.86. The van der Waals surface area contributed by atoms with Crippen molar-refractivity contribution in [2.45, 2.75) is 32.9 Å². The molecule has 0 aliphatic heterocycles. The second kappa shape index (κ2) is 5.97. The summed E-state index contributed by atoms with van der Waals surface area (Å²) in [7, 11) is 0. The molecule has 1 heterocycles. The molecule has 1 amide bonds. The van der Waals surface area contributed by atoms with Gasteiger partial charge in [-0.05, 0) is 37.8 Å². The minimum atomic E-state index is -0.930. The highest BCUT2D eigenvalue weighted by atomic mass is 32.1. The molecule has 0 atom stereocenters. The molecule has 0 aliphatic carbocycles. The van der Waals surface area contributed by atoms with Crippen molar-refractivity contribution in [3.8, 4) is 0 Å². The van der Waals surface area contributed by atoms with E-state index >= 15 is 0 Å². The van der Waals surface area contributed by atoms with Crippen molar-refractivity contribution in [3.05, 3.63) is 21.9 Å². The molecule has 0 saturated heterocycles. The van der Waals surface area contributed by atoms with E-state index in [9.17, 15) is 9.59 Å². The Bertz CT molecular complexity index is 435. The summed E-state index contributed by atoms with van der Waals surface area (Å²) in [6, 6.07) is 1.75. The maximum atomic E-state index is 11.5. The van der Waals surface area contributed by atoms with Crippen LogP contribution in [0.1, 0.15) is 36.0 Å². The summed E-state index contributed by atoms with van der Waals surface area (Å²) in [5.74, 6) is -1.03. The van der Waals surface area contributed by atoms with Crippen LogP contribution in [0.3, 0.4) is 0 Å². The molecule has 1 rings (SSSR count). The van der Waals surface area contributed by atoms with Crippen LogP contribution in [0.15, 0.2) is 11.4 Å². The summed E-state index contributed by atoms with van der Waals surface area (Å²) in [5, 5.41) is 16.4. The third kappa shape index (κ3) is 4.85. The number of nitrogens with one attached hydrogen (secondary N) is 2. The quantitative estimate of drug-likeness (QED) is 0.756. The van der Waals surface area contributed by atoms with Crippen molar-refractivity contribution in [1.29, 1.82) is 0 Å². The molecule has 5 nitrogen and oxygen atoms in total. The molecular formula is C12H18N2O3S. The first kappa shape index (κ1) is 14.7. The van der Waals surface area contributed by atoms with Gasteiger partial charge in [0, 0.05) is 12.1 Å². The lowest BCUT2D eigenvalue weighted by Crippen LogP contribution is -2.44. The highest BCUT2D eigenvalue weighted by Gasteiger charge is 2.14. The number of rotatable bonds is 5. The Hall–Kier alpha value is -1.40. The van der Waals surface area contributed by atoms with Crippen LogP contribution < -0.4 is 10.6 Å². The van der Waals surface area contributed by atoms with Crippen molar-refractivity contribution in [1.82, 2.24) is 10.6 Å². The topological polar surface area (TPSA) is 78.4 Å². The summed E-state index contributed by atoms with van der Waals surface area (Å²) in [6.07, 6.45) is 0. The molecular weight excluding hydrogens is 252 g/mol. The summed E-state index contributed by atoms with van der Waals surface area (Å²) in [6.45, 7) is 6.28. The normalized spacial score (nSPS) is 11.3. The number of hydrogen-bond donors (Lipinski definition) is 3. The van der Waals surface area contributed by atoms with Gasteiger partial charge in [0.05, 0.1) is 6.54 Å². The average molecular weight is 270 g/mol. The highest BCUT2D eigenvalue weighted by Crippen LogP contribution is 2.16. The van der Waals surface area contributed by atoms with Crippen molar-refractivity contribution in [2.24, 2.45) is 0 Å². The number of thiophene rings is 1. The van der Waals surface area contributed by atoms with E-state index in [0.717, 1.165) is 0 Å². The highest BCUT2D eigenvalue weighted by molar-refractivity contribution is 7.12. The molecule has 3 N–H and O–H groups in total. The Morgan fingerprint density at radius 1 is 1.39 bits per heavy atom. The molecule has 18 heavy (non-hydrogen) atoms. The summed E-state index contributed by atoms with van der Waals surface area (Å²) >= 11 is 1.19. The smallest absolute Gasteiger partial charge is 0.346 e. The predicted molar refractivity (Wildman–Crippen MR) is 70.9 cm³/mol. The lowest BCUT2D eigenvalue weighted by Gasteiger charge is -2.20. The molecule has 0 saturated carbocycles. The van der Waals surface area contributed by atoms with Gasteiger partial charge in [-0.2, -0.15) is 0 Å². The fourth-order valence-corrected chi connectivity index (χ4v) is 2.20. The maximum Gasteiger partial charge on any atom is 0.346 e. The maximum absolute atomic E-state index is 11.5. The number of hydrogen-bond acceptors (Lipinski definition) is 4. The lowest BCUT2D eigenvalue weighted by molar-refractivity contribution is -0.121. The molecule has 0 fully saturated rings. The Morgan fingerprint density at radius 3 is 2.61 bits per heavy atom. The Labute approximate surface area is 110 Å². The minimum absolute atomic E-state index is 0.102. The van der Waals surface area contributed by atoms with Crippen LogP contribution in [0.4, 0.5) is 0 Å². The molecule has 6 heteroatoms. The summed E-state index contributed by atoms with van der Waals surface area (Å²) < 4.78 is 0. The second-order valence-corrected chi connectivity index (χ2v) is 5.90. The first-order valence-electron chi connectivity index (χ1n) is 5.61. The molecule has 0 spiro atoms. The second-order valence-electron chi connectivity index (χ2n) is 4.98. The molecule has 0 aliphatic rings. The molecule has 0 bridgehead atoms. The van der Waals surface area contributed by atoms with E-state index in [1.807, 2.05) is 20.8 Å². The number of carboxylic acids is 1. The van der Waals surface area contributed by atoms with Gasteiger partial charge in [0.25, 0.3) is 0 Å². The zero-order valence-electron chi connectivity index (χ0n) is 10.7. The zero-order valence-corrected chi connectivity index (χ0v) is 11.6. The van der Waals surface area contributed by atoms with Crippen LogP contribution in [0.2, 0.25) is 0 Å². The van der Waals surface area contributed by atoms with E-state index in [2.05, 4.69) is 10.6 Å². The van der Waals surface area contributed by atoms with Crippen LogP contribution in [0.5, 0.6) is 0 Å². The SMILES string of the molecule is CC(C)(C)NC(=O)CNCc1ccsc1C(=O)O. The van der Waals surface area contributed by atoms with E-state index in [1.165, 1.54) is 11.3 Å². The van der Waals surface area contributed by atoms with E-state index in [-0.39, 0.29) is 18.0 Å². The van der Waals surface area contributed by atoms with Crippen molar-refractivity contribution >= 4 is 23.2 Å². The van der Waals surface area contributed by atoms with Crippen LogP contribution in [0, 0.1) is 0 Å². The van der Waals surface area contributed by atoms with Crippen molar-refractivity contribution in [2.75, 3.05) is 6.54 Å². The van der Waals surface area contributed by atoms with E-state index < -0.39 is 5.97 Å². The zero-order chi connectivity index (χ0) is 13.8. The third-order valence-corrected chi connectivity index (χ3v) is 3.00. The summed E-state index contributed by atoms with van der Waals surface area (Å²) in [5.41, 5.74) is 0.448. The van der Waals surface area contributed by atoms with Gasteiger partial charge in [0.2, 0.25) is 5.91 Å².